The Morgan fingerprint density at radius 3 is 1.93 bits per heavy atom. The van der Waals surface area contributed by atoms with Crippen molar-refractivity contribution in [3.05, 3.63) is 93.5 Å². The number of benzene rings is 3. The van der Waals surface area contributed by atoms with Crippen LogP contribution in [-0.4, -0.2) is 44.3 Å². The van der Waals surface area contributed by atoms with Gasteiger partial charge in [-0.1, -0.05) is 91.5 Å². The van der Waals surface area contributed by atoms with E-state index in [9.17, 15) is 18.0 Å². The molecule has 0 heterocycles. The molecule has 0 aromatic heterocycles. The number of sulfonamides is 1. The van der Waals surface area contributed by atoms with E-state index in [4.69, 9.17) is 23.2 Å². The van der Waals surface area contributed by atoms with Crippen LogP contribution in [0.25, 0.3) is 0 Å². The summed E-state index contributed by atoms with van der Waals surface area (Å²) in [4.78, 5) is 28.9. The van der Waals surface area contributed by atoms with Crippen molar-refractivity contribution in [2.24, 2.45) is 5.92 Å². The third-order valence-corrected chi connectivity index (χ3v) is 8.79. The molecule has 41 heavy (non-hydrogen) atoms. The minimum absolute atomic E-state index is 0.0128. The highest BCUT2D eigenvalue weighted by atomic mass is 35.5. The number of amides is 2. The number of halogens is 2. The zero-order valence-electron chi connectivity index (χ0n) is 24.0. The average molecular weight is 619 g/mol. The average Bonchev–Trinajstić information content (AvgIpc) is 2.91. The first-order valence-electron chi connectivity index (χ1n) is 13.5. The summed E-state index contributed by atoms with van der Waals surface area (Å²) in [6.45, 7) is 9.63. The van der Waals surface area contributed by atoms with Crippen LogP contribution in [0.3, 0.4) is 0 Å². The van der Waals surface area contributed by atoms with Crippen molar-refractivity contribution < 1.29 is 18.0 Å². The molecule has 0 aliphatic heterocycles. The molecule has 0 bridgehead atoms. The Hall–Kier alpha value is -3.07. The second-order valence-corrected chi connectivity index (χ2v) is 13.3. The highest BCUT2D eigenvalue weighted by molar-refractivity contribution is 7.92. The minimum atomic E-state index is -4.22. The quantitative estimate of drug-likeness (QED) is 0.255. The van der Waals surface area contributed by atoms with Crippen LogP contribution in [-0.2, 0) is 26.2 Å². The number of nitrogens with one attached hydrogen (secondary N) is 1. The Kier molecular flexibility index (Phi) is 11.2. The Balaban J connectivity index is 2.07. The van der Waals surface area contributed by atoms with Gasteiger partial charge in [0.15, 0.2) is 0 Å². The van der Waals surface area contributed by atoms with E-state index < -0.39 is 28.5 Å². The number of hydrogen-bond acceptors (Lipinski definition) is 4. The van der Waals surface area contributed by atoms with Gasteiger partial charge >= 0.3 is 0 Å². The molecule has 1 N–H and O–H groups in total. The first kappa shape index (κ1) is 32.4. The smallest absolute Gasteiger partial charge is 0.264 e. The SMILES string of the molecule is CCC(C(=O)NCC(C)C)N(Cc1ccc(C)cc1)C(=O)CN(c1cc(Cl)cc(Cl)c1)S(=O)(=O)c1ccc(C)cc1. The topological polar surface area (TPSA) is 86.8 Å². The van der Waals surface area contributed by atoms with Crippen LogP contribution in [0.4, 0.5) is 5.69 Å². The number of carbonyl (C=O) groups is 2. The van der Waals surface area contributed by atoms with E-state index in [0.717, 1.165) is 21.0 Å². The molecule has 0 aliphatic carbocycles. The summed E-state index contributed by atoms with van der Waals surface area (Å²) < 4.78 is 28.9. The van der Waals surface area contributed by atoms with Crippen LogP contribution in [0.15, 0.2) is 71.6 Å². The van der Waals surface area contributed by atoms with E-state index in [-0.39, 0.29) is 39.0 Å². The second kappa shape index (κ2) is 14.2. The zero-order valence-corrected chi connectivity index (χ0v) is 26.4. The van der Waals surface area contributed by atoms with Crippen molar-refractivity contribution in [3.63, 3.8) is 0 Å². The molecule has 220 valence electrons. The Bertz CT molecular complexity index is 1440. The van der Waals surface area contributed by atoms with Gasteiger partial charge in [-0.3, -0.25) is 13.9 Å². The summed E-state index contributed by atoms with van der Waals surface area (Å²) in [5.74, 6) is -0.607. The number of nitrogens with zero attached hydrogens (tertiary/aromatic N) is 2. The van der Waals surface area contributed by atoms with Crippen molar-refractivity contribution in [2.75, 3.05) is 17.4 Å². The molecule has 0 saturated heterocycles. The third-order valence-electron chi connectivity index (χ3n) is 6.57. The number of rotatable bonds is 12. The summed E-state index contributed by atoms with van der Waals surface area (Å²) in [6.07, 6.45) is 0.342. The molecule has 3 rings (SSSR count). The maximum atomic E-state index is 14.1. The largest absolute Gasteiger partial charge is 0.354 e. The highest BCUT2D eigenvalue weighted by Gasteiger charge is 2.34. The van der Waals surface area contributed by atoms with Crippen molar-refractivity contribution in [1.82, 2.24) is 10.2 Å². The zero-order chi connectivity index (χ0) is 30.3. The van der Waals surface area contributed by atoms with E-state index in [1.54, 1.807) is 12.1 Å². The molecule has 1 atom stereocenters. The van der Waals surface area contributed by atoms with Gasteiger partial charge in [0.2, 0.25) is 11.8 Å². The van der Waals surface area contributed by atoms with Crippen LogP contribution in [0.1, 0.15) is 43.9 Å². The fourth-order valence-corrected chi connectivity index (χ4v) is 6.19. The highest BCUT2D eigenvalue weighted by Crippen LogP contribution is 2.30. The fourth-order valence-electron chi connectivity index (χ4n) is 4.28. The van der Waals surface area contributed by atoms with Gasteiger partial charge in [-0.2, -0.15) is 0 Å². The van der Waals surface area contributed by atoms with Gasteiger partial charge in [-0.15, -0.1) is 0 Å². The van der Waals surface area contributed by atoms with Crippen LogP contribution in [0.2, 0.25) is 10.0 Å². The van der Waals surface area contributed by atoms with Gasteiger partial charge in [0.25, 0.3) is 10.0 Å². The lowest BCUT2D eigenvalue weighted by molar-refractivity contribution is -0.140. The van der Waals surface area contributed by atoms with Crippen LogP contribution in [0, 0.1) is 19.8 Å². The van der Waals surface area contributed by atoms with E-state index in [2.05, 4.69) is 5.32 Å². The minimum Gasteiger partial charge on any atom is -0.354 e. The first-order valence-corrected chi connectivity index (χ1v) is 15.7. The molecule has 3 aromatic rings. The van der Waals surface area contributed by atoms with Crippen LogP contribution in [0.5, 0.6) is 0 Å². The predicted molar refractivity (Wildman–Crippen MR) is 166 cm³/mol. The third kappa shape index (κ3) is 8.71. The molecule has 0 spiro atoms. The van der Waals surface area contributed by atoms with Crippen molar-refractivity contribution in [1.29, 1.82) is 0 Å². The summed E-state index contributed by atoms with van der Waals surface area (Å²) in [7, 11) is -4.22. The van der Waals surface area contributed by atoms with Gasteiger partial charge < -0.3 is 10.2 Å². The normalized spacial score (nSPS) is 12.2. The molecular weight excluding hydrogens is 581 g/mol. The predicted octanol–water partition coefficient (Wildman–Crippen LogP) is 6.39. The number of hydrogen-bond donors (Lipinski definition) is 1. The van der Waals surface area contributed by atoms with Crippen molar-refractivity contribution in [3.8, 4) is 0 Å². The lowest BCUT2D eigenvalue weighted by Gasteiger charge is -2.33. The summed E-state index contributed by atoms with van der Waals surface area (Å²) in [6, 6.07) is 17.6. The molecule has 7 nitrogen and oxygen atoms in total. The lowest BCUT2D eigenvalue weighted by Crippen LogP contribution is -2.52. The second-order valence-electron chi connectivity index (χ2n) is 10.5. The maximum absolute atomic E-state index is 14.1. The molecule has 0 radical (unpaired) electrons. The van der Waals surface area contributed by atoms with Gasteiger partial charge in [0.05, 0.1) is 10.6 Å². The molecular formula is C31H37Cl2N3O4S. The standard InChI is InChI=1S/C31H37Cl2N3O4S/c1-6-29(31(38)34-18-21(2)3)35(19-24-11-7-22(4)8-12-24)30(37)20-36(27-16-25(32)15-26(33)17-27)41(39,40)28-13-9-23(5)10-14-28/h7-17,21,29H,6,18-20H2,1-5H3,(H,34,38). The molecule has 3 aromatic carbocycles. The molecule has 0 fully saturated rings. The van der Waals surface area contributed by atoms with Gasteiger partial charge in [-0.25, -0.2) is 8.42 Å². The van der Waals surface area contributed by atoms with Crippen molar-refractivity contribution in [2.45, 2.75) is 58.5 Å². The van der Waals surface area contributed by atoms with Crippen molar-refractivity contribution >= 4 is 50.7 Å². The summed E-state index contributed by atoms with van der Waals surface area (Å²) in [5, 5.41) is 3.37. The summed E-state index contributed by atoms with van der Waals surface area (Å²) >= 11 is 12.5. The first-order chi connectivity index (χ1) is 19.3. The van der Waals surface area contributed by atoms with Gasteiger partial charge in [0, 0.05) is 23.1 Å². The lowest BCUT2D eigenvalue weighted by atomic mass is 10.1. The number of carbonyl (C=O) groups excluding carboxylic acids is 2. The Labute approximate surface area is 253 Å². The summed E-state index contributed by atoms with van der Waals surface area (Å²) in [5.41, 5.74) is 2.91. The molecule has 0 saturated carbocycles. The molecule has 1 unspecified atom stereocenters. The van der Waals surface area contributed by atoms with E-state index >= 15 is 0 Å². The van der Waals surface area contributed by atoms with Gasteiger partial charge in [-0.05, 0) is 62.1 Å². The Morgan fingerprint density at radius 1 is 0.878 bits per heavy atom. The Morgan fingerprint density at radius 2 is 1.41 bits per heavy atom. The van der Waals surface area contributed by atoms with Gasteiger partial charge in [0.1, 0.15) is 12.6 Å². The van der Waals surface area contributed by atoms with Crippen LogP contribution < -0.4 is 9.62 Å². The van der Waals surface area contributed by atoms with E-state index in [1.807, 2.05) is 58.9 Å². The number of anilines is 1. The number of aryl methyl sites for hydroxylation is 2. The van der Waals surface area contributed by atoms with E-state index in [1.165, 1.54) is 35.2 Å². The molecule has 10 heteroatoms. The van der Waals surface area contributed by atoms with E-state index in [0.29, 0.717) is 13.0 Å². The maximum Gasteiger partial charge on any atom is 0.264 e. The fraction of sp³-hybridized carbons (Fsp3) is 0.355. The van der Waals surface area contributed by atoms with Crippen LogP contribution >= 0.6 is 23.2 Å². The molecule has 2 amide bonds. The molecule has 0 aliphatic rings. The monoisotopic (exact) mass is 617 g/mol.